The number of nitrogens with one attached hydrogen (secondary N) is 1. The molecule has 2 aromatic carbocycles. The number of nitrogens with two attached hydrogens (primary N) is 1. The lowest BCUT2D eigenvalue weighted by atomic mass is 9.97. The van der Waals surface area contributed by atoms with Crippen molar-refractivity contribution < 1.29 is 0 Å². The Bertz CT molecular complexity index is 689. The lowest BCUT2D eigenvalue weighted by molar-refractivity contribution is 0.540. The molecule has 1 aromatic heterocycles. The monoisotopic (exact) mass is 263 g/mol. The molecule has 0 aliphatic rings. The van der Waals surface area contributed by atoms with E-state index in [0.717, 1.165) is 12.1 Å². The highest BCUT2D eigenvalue weighted by Crippen LogP contribution is 2.23. The highest BCUT2D eigenvalue weighted by Gasteiger charge is 2.12. The molecule has 3 nitrogen and oxygen atoms in total. The van der Waals surface area contributed by atoms with Crippen LogP contribution in [0.4, 0.5) is 0 Å². The maximum Gasteiger partial charge on any atom is 0.0672 e. The molecular formula is C17H17N3. The van der Waals surface area contributed by atoms with Crippen molar-refractivity contribution in [3.05, 3.63) is 78.1 Å². The average Bonchev–Trinajstić information content (AvgIpc) is 2.53. The number of fused-ring (bicyclic) bond motifs is 1. The van der Waals surface area contributed by atoms with Gasteiger partial charge in [0.15, 0.2) is 0 Å². The summed E-state index contributed by atoms with van der Waals surface area (Å²) in [5, 5.41) is 2.52. The van der Waals surface area contributed by atoms with E-state index < -0.39 is 0 Å². The first-order chi connectivity index (χ1) is 9.88. The van der Waals surface area contributed by atoms with Gasteiger partial charge in [0.05, 0.1) is 11.7 Å². The first-order valence-electron chi connectivity index (χ1n) is 6.72. The van der Waals surface area contributed by atoms with Crippen LogP contribution in [0.15, 0.2) is 66.9 Å². The van der Waals surface area contributed by atoms with Crippen LogP contribution in [0.5, 0.6) is 0 Å². The van der Waals surface area contributed by atoms with Crippen LogP contribution >= 0.6 is 0 Å². The second kappa shape index (κ2) is 5.82. The summed E-state index contributed by atoms with van der Waals surface area (Å²) in [4.78, 5) is 4.38. The van der Waals surface area contributed by atoms with Crippen LogP contribution in [0.1, 0.15) is 17.3 Å². The first-order valence-corrected chi connectivity index (χ1v) is 6.72. The van der Waals surface area contributed by atoms with Gasteiger partial charge in [-0.2, -0.15) is 0 Å². The van der Waals surface area contributed by atoms with Crippen LogP contribution in [-0.4, -0.2) is 4.98 Å². The van der Waals surface area contributed by atoms with E-state index in [9.17, 15) is 0 Å². The number of pyridine rings is 1. The molecule has 3 heteroatoms. The molecule has 0 aliphatic heterocycles. The second-order valence-electron chi connectivity index (χ2n) is 4.82. The summed E-state index contributed by atoms with van der Waals surface area (Å²) in [7, 11) is 0. The van der Waals surface area contributed by atoms with Crippen molar-refractivity contribution in [1.29, 1.82) is 0 Å². The van der Waals surface area contributed by atoms with Crippen molar-refractivity contribution in [1.82, 2.24) is 10.4 Å². The average molecular weight is 263 g/mol. The Labute approximate surface area is 118 Å². The summed E-state index contributed by atoms with van der Waals surface area (Å²) in [5.41, 5.74) is 5.10. The van der Waals surface area contributed by atoms with Crippen LogP contribution in [0.3, 0.4) is 0 Å². The molecule has 0 radical (unpaired) electrons. The van der Waals surface area contributed by atoms with E-state index in [2.05, 4.69) is 52.9 Å². The van der Waals surface area contributed by atoms with Crippen molar-refractivity contribution in [3.63, 3.8) is 0 Å². The minimum absolute atomic E-state index is 0.0157. The fraction of sp³-hybridized carbons (Fsp3) is 0.118. The van der Waals surface area contributed by atoms with Crippen molar-refractivity contribution in [3.8, 4) is 0 Å². The molecule has 0 bridgehead atoms. The zero-order valence-electron chi connectivity index (χ0n) is 11.2. The van der Waals surface area contributed by atoms with Crippen LogP contribution < -0.4 is 11.3 Å². The number of rotatable bonds is 4. The fourth-order valence-corrected chi connectivity index (χ4v) is 2.52. The van der Waals surface area contributed by atoms with E-state index in [-0.39, 0.29) is 6.04 Å². The Kier molecular flexibility index (Phi) is 3.72. The minimum atomic E-state index is 0.0157. The largest absolute Gasteiger partial charge is 0.271 e. The molecule has 20 heavy (non-hydrogen) atoms. The minimum Gasteiger partial charge on any atom is -0.271 e. The van der Waals surface area contributed by atoms with E-state index in [1.165, 1.54) is 16.3 Å². The van der Waals surface area contributed by atoms with Gasteiger partial charge in [0.2, 0.25) is 0 Å². The number of hydrogen-bond acceptors (Lipinski definition) is 3. The van der Waals surface area contributed by atoms with Gasteiger partial charge in [-0.15, -0.1) is 0 Å². The lowest BCUT2D eigenvalue weighted by Crippen LogP contribution is -2.30. The SMILES string of the molecule is NNC(Cc1cccc2ccccc12)c1ccccn1. The normalized spacial score (nSPS) is 12.4. The molecule has 1 heterocycles. The predicted molar refractivity (Wildman–Crippen MR) is 82.0 cm³/mol. The Morgan fingerprint density at radius 3 is 2.55 bits per heavy atom. The summed E-state index contributed by atoms with van der Waals surface area (Å²) >= 11 is 0. The third kappa shape index (κ3) is 2.54. The van der Waals surface area contributed by atoms with Crippen LogP contribution in [0.2, 0.25) is 0 Å². The quantitative estimate of drug-likeness (QED) is 0.562. The molecule has 3 N–H and O–H groups in total. The maximum absolute atomic E-state index is 5.71. The fourth-order valence-electron chi connectivity index (χ4n) is 2.52. The van der Waals surface area contributed by atoms with Crippen molar-refractivity contribution in [2.45, 2.75) is 12.5 Å². The maximum atomic E-state index is 5.71. The van der Waals surface area contributed by atoms with E-state index >= 15 is 0 Å². The lowest BCUT2D eigenvalue weighted by Gasteiger charge is -2.16. The first kappa shape index (κ1) is 12.8. The van der Waals surface area contributed by atoms with Crippen LogP contribution in [0.25, 0.3) is 10.8 Å². The van der Waals surface area contributed by atoms with Gasteiger partial charge in [0.25, 0.3) is 0 Å². The van der Waals surface area contributed by atoms with E-state index in [1.807, 2.05) is 18.2 Å². The van der Waals surface area contributed by atoms with Gasteiger partial charge in [-0.25, -0.2) is 0 Å². The number of nitrogens with zero attached hydrogens (tertiary/aromatic N) is 1. The van der Waals surface area contributed by atoms with Gasteiger partial charge in [-0.05, 0) is 34.9 Å². The number of hydrogen-bond donors (Lipinski definition) is 2. The zero-order chi connectivity index (χ0) is 13.8. The summed E-state index contributed by atoms with van der Waals surface area (Å²) in [5.74, 6) is 5.71. The van der Waals surface area contributed by atoms with Crippen LogP contribution in [0, 0.1) is 0 Å². The Hall–Kier alpha value is -2.23. The van der Waals surface area contributed by atoms with E-state index in [0.29, 0.717) is 0 Å². The molecule has 0 fully saturated rings. The summed E-state index contributed by atoms with van der Waals surface area (Å²) < 4.78 is 0. The van der Waals surface area contributed by atoms with Gasteiger partial charge in [0, 0.05) is 6.20 Å². The molecule has 1 atom stereocenters. The molecule has 0 saturated carbocycles. The third-order valence-electron chi connectivity index (χ3n) is 3.55. The molecule has 0 spiro atoms. The molecular weight excluding hydrogens is 246 g/mol. The van der Waals surface area contributed by atoms with Gasteiger partial charge >= 0.3 is 0 Å². The Morgan fingerprint density at radius 2 is 1.75 bits per heavy atom. The van der Waals surface area contributed by atoms with Gasteiger partial charge < -0.3 is 0 Å². The Morgan fingerprint density at radius 1 is 0.950 bits per heavy atom. The number of aromatic nitrogens is 1. The van der Waals surface area contributed by atoms with Crippen molar-refractivity contribution >= 4 is 10.8 Å². The molecule has 0 amide bonds. The Balaban J connectivity index is 1.96. The topological polar surface area (TPSA) is 50.9 Å². The van der Waals surface area contributed by atoms with Crippen molar-refractivity contribution in [2.24, 2.45) is 5.84 Å². The molecule has 1 unspecified atom stereocenters. The summed E-state index contributed by atoms with van der Waals surface area (Å²) in [6.45, 7) is 0. The smallest absolute Gasteiger partial charge is 0.0672 e. The summed E-state index contributed by atoms with van der Waals surface area (Å²) in [6.07, 6.45) is 2.61. The van der Waals surface area contributed by atoms with Gasteiger partial charge in [-0.3, -0.25) is 16.3 Å². The van der Waals surface area contributed by atoms with E-state index in [4.69, 9.17) is 5.84 Å². The van der Waals surface area contributed by atoms with Crippen molar-refractivity contribution in [2.75, 3.05) is 0 Å². The second-order valence-corrected chi connectivity index (χ2v) is 4.82. The van der Waals surface area contributed by atoms with Crippen LogP contribution in [-0.2, 0) is 6.42 Å². The molecule has 0 aliphatic carbocycles. The standard InChI is InChI=1S/C17H17N3/c18-20-17(16-10-3-4-11-19-16)12-14-8-5-7-13-6-1-2-9-15(13)14/h1-11,17,20H,12,18H2. The molecule has 0 saturated heterocycles. The molecule has 3 rings (SSSR count). The molecule has 3 aromatic rings. The number of benzene rings is 2. The van der Waals surface area contributed by atoms with Gasteiger partial charge in [0.1, 0.15) is 0 Å². The van der Waals surface area contributed by atoms with E-state index in [1.54, 1.807) is 6.20 Å². The zero-order valence-corrected chi connectivity index (χ0v) is 11.2. The highest BCUT2D eigenvalue weighted by atomic mass is 15.2. The molecule has 100 valence electrons. The predicted octanol–water partition coefficient (Wildman–Crippen LogP) is 2.98. The number of hydrazine groups is 1. The third-order valence-corrected chi connectivity index (χ3v) is 3.55. The highest BCUT2D eigenvalue weighted by molar-refractivity contribution is 5.85. The van der Waals surface area contributed by atoms with Gasteiger partial charge in [-0.1, -0.05) is 48.5 Å². The summed E-state index contributed by atoms with van der Waals surface area (Å²) in [6, 6.07) is 20.7.